The average molecular weight is 959 g/mol. The van der Waals surface area contributed by atoms with Crippen LogP contribution < -0.4 is 0 Å². The molecular formula is C48H78O19. The predicted molar refractivity (Wildman–Crippen MR) is 231 cm³/mol. The van der Waals surface area contributed by atoms with Gasteiger partial charge >= 0.3 is 5.97 Å². The summed E-state index contributed by atoms with van der Waals surface area (Å²) in [5, 5.41) is 131. The maximum absolute atomic E-state index is 15.0. The summed E-state index contributed by atoms with van der Waals surface area (Å²) in [5.74, 6) is -0.831. The largest absolute Gasteiger partial charge is 0.432 e. The topological polar surface area (TPSA) is 315 Å². The summed E-state index contributed by atoms with van der Waals surface area (Å²) < 4.78 is 34.7. The summed E-state index contributed by atoms with van der Waals surface area (Å²) in [6, 6.07) is 0. The highest BCUT2D eigenvalue weighted by Gasteiger charge is 2.72. The normalized spacial score (nSPS) is 56.4. The van der Waals surface area contributed by atoms with E-state index >= 15 is 4.79 Å². The minimum Gasteiger partial charge on any atom is -0.432 e. The van der Waals surface area contributed by atoms with E-state index in [1.165, 1.54) is 6.92 Å². The summed E-state index contributed by atoms with van der Waals surface area (Å²) in [6.07, 6.45) is -21.1. The number of hydrogen-bond donors (Lipinski definition) is 12. The van der Waals surface area contributed by atoms with Crippen molar-refractivity contribution in [1.82, 2.24) is 0 Å². The van der Waals surface area contributed by atoms with E-state index < -0.39 is 157 Å². The Balaban J connectivity index is 0.990. The van der Waals surface area contributed by atoms with Crippen molar-refractivity contribution in [3.63, 3.8) is 0 Å². The zero-order chi connectivity index (χ0) is 49.2. The summed E-state index contributed by atoms with van der Waals surface area (Å²) in [4.78, 5) is 15.0. The lowest BCUT2D eigenvalue weighted by molar-refractivity contribution is -0.361. The van der Waals surface area contributed by atoms with Gasteiger partial charge in [0.05, 0.1) is 43.0 Å². The number of aliphatic hydroxyl groups excluding tert-OH is 12. The van der Waals surface area contributed by atoms with Gasteiger partial charge in [-0.1, -0.05) is 60.1 Å². The Bertz CT molecular complexity index is 1830. The summed E-state index contributed by atoms with van der Waals surface area (Å²) >= 11 is 0. The van der Waals surface area contributed by atoms with Gasteiger partial charge in [-0.3, -0.25) is 4.79 Å². The molecule has 7 fully saturated rings. The number of allylic oxidation sites excluding steroid dienone is 2. The van der Waals surface area contributed by atoms with Gasteiger partial charge in [0.25, 0.3) is 0 Å². The number of esters is 1. The molecule has 8 aliphatic rings. The monoisotopic (exact) mass is 959 g/mol. The number of hydrogen-bond acceptors (Lipinski definition) is 19. The highest BCUT2D eigenvalue weighted by molar-refractivity contribution is 5.79. The van der Waals surface area contributed by atoms with Gasteiger partial charge in [0.1, 0.15) is 67.1 Å². The SMILES string of the molecule is C[C@H]1[C@H](C)CC[C@]2(C(=O)O[C@@H]3O[C@H](CO[C@@H]4O[C@H](CO)[C@@H](O[C@@H]5O[C@@H](C)[C@H](O)[C@@H](O)[C@H]5O)[C@H](O)[C@H]4O)[C@@H](O)[C@H](O)[C@H]3O)CC[C@]3(C)C(=CC[C@@H]4[C@@]5(C)C[C@@H](O)[C@H](O)C(C)(C)[C@@H]5[C@H](O)C[C@]43C)[C@H]12. The molecule has 8 rings (SSSR count). The Morgan fingerprint density at radius 3 is 2.00 bits per heavy atom. The molecule has 0 unspecified atom stereocenters. The number of carbonyl (C=O) groups excluding carboxylic acids is 1. The second-order valence-corrected chi connectivity index (χ2v) is 23.2. The third-order valence-corrected chi connectivity index (χ3v) is 19.5. The summed E-state index contributed by atoms with van der Waals surface area (Å²) in [6.45, 7) is 14.9. The second-order valence-electron chi connectivity index (χ2n) is 23.2. The third-order valence-electron chi connectivity index (χ3n) is 19.5. The highest BCUT2D eigenvalue weighted by Crippen LogP contribution is 2.76. The number of aliphatic hydroxyl groups is 12. The first-order chi connectivity index (χ1) is 31.2. The van der Waals surface area contributed by atoms with E-state index in [4.69, 9.17) is 28.4 Å². The molecule has 0 radical (unpaired) electrons. The van der Waals surface area contributed by atoms with Gasteiger partial charge in [-0.25, -0.2) is 0 Å². The molecule has 0 amide bonds. The number of rotatable bonds is 8. The van der Waals surface area contributed by atoms with Crippen molar-refractivity contribution >= 4 is 5.97 Å². The Hall–Kier alpha value is -1.47. The van der Waals surface area contributed by atoms with Crippen LogP contribution in [0.1, 0.15) is 100 Å². The predicted octanol–water partition coefficient (Wildman–Crippen LogP) is -1.03. The van der Waals surface area contributed by atoms with Gasteiger partial charge in [0.2, 0.25) is 6.29 Å². The summed E-state index contributed by atoms with van der Waals surface area (Å²) in [7, 11) is 0. The lowest BCUT2D eigenvalue weighted by Gasteiger charge is -2.72. The summed E-state index contributed by atoms with van der Waals surface area (Å²) in [5.41, 5.74) is -2.05. The standard InChI is InChI=1S/C48H78O19/c1-19-11-12-48(14-13-46(7)22(28(48)20(19)2)9-10-27-45(6)15-24(51)39(60)44(4,5)38(45)23(50)16-47(27,46)8)43(61)67-42-35(58)32(55)30(53)26(65-42)18-62-40-36(59)33(56)37(25(17-49)64-40)66-41-34(57)31(54)29(52)21(3)63-41/h9,19-21,23-42,49-60H,10-18H2,1-8H3/t19-,20+,21+,23-,24-,25-,26-,27-,28+,29+,30-,31-,32+,33-,34-,35-,36-,37-,38+,39+,40-,41+,42+,45-,46-,47-,48+/m1/s1. The van der Waals surface area contributed by atoms with Crippen LogP contribution in [0.4, 0.5) is 0 Å². The smallest absolute Gasteiger partial charge is 0.315 e. The maximum atomic E-state index is 15.0. The molecule has 27 atom stereocenters. The zero-order valence-corrected chi connectivity index (χ0v) is 39.9. The first kappa shape index (κ1) is 51.9. The van der Waals surface area contributed by atoms with Gasteiger partial charge in [-0.15, -0.1) is 0 Å². The fourth-order valence-electron chi connectivity index (χ4n) is 15.4. The minimum atomic E-state index is -1.87. The molecule has 3 heterocycles. The van der Waals surface area contributed by atoms with Crippen LogP contribution in [0.5, 0.6) is 0 Å². The van der Waals surface area contributed by atoms with Crippen molar-refractivity contribution in [2.24, 2.45) is 56.7 Å². The zero-order valence-electron chi connectivity index (χ0n) is 39.9. The molecule has 3 aliphatic heterocycles. The number of fused-ring (bicyclic) bond motifs is 7. The van der Waals surface area contributed by atoms with E-state index in [2.05, 4.69) is 40.7 Å². The molecule has 0 aromatic rings. The second kappa shape index (κ2) is 18.2. The molecule has 0 aromatic carbocycles. The van der Waals surface area contributed by atoms with E-state index in [1.807, 2.05) is 13.8 Å². The molecule has 3 saturated heterocycles. The van der Waals surface area contributed by atoms with Crippen LogP contribution in [-0.2, 0) is 33.2 Å². The minimum absolute atomic E-state index is 0.0221. The number of ether oxygens (including phenoxy) is 6. The quantitative estimate of drug-likeness (QED) is 0.102. The number of carbonyl (C=O) groups is 1. The van der Waals surface area contributed by atoms with Crippen molar-refractivity contribution in [1.29, 1.82) is 0 Å². The molecule has 4 saturated carbocycles. The van der Waals surface area contributed by atoms with Gasteiger partial charge in [-0.05, 0) is 103 Å². The van der Waals surface area contributed by atoms with Crippen molar-refractivity contribution < 1.29 is 94.5 Å². The lowest BCUT2D eigenvalue weighted by atomic mass is 9.32. The Kier molecular flexibility index (Phi) is 14.1. The van der Waals surface area contributed by atoms with E-state index in [-0.39, 0.29) is 29.6 Å². The first-order valence-corrected chi connectivity index (χ1v) is 24.5. The maximum Gasteiger partial charge on any atom is 0.315 e. The van der Waals surface area contributed by atoms with E-state index in [9.17, 15) is 61.3 Å². The van der Waals surface area contributed by atoms with Gasteiger partial charge in [-0.2, -0.15) is 0 Å². The lowest BCUT2D eigenvalue weighted by Crippen LogP contribution is -2.70. The molecule has 67 heavy (non-hydrogen) atoms. The molecule has 0 aromatic heterocycles. The van der Waals surface area contributed by atoms with Crippen LogP contribution in [0.3, 0.4) is 0 Å². The van der Waals surface area contributed by atoms with Crippen LogP contribution >= 0.6 is 0 Å². The molecule has 12 N–H and O–H groups in total. The van der Waals surface area contributed by atoms with E-state index in [1.54, 1.807) is 0 Å². The van der Waals surface area contributed by atoms with Crippen molar-refractivity contribution in [3.8, 4) is 0 Å². The fraction of sp³-hybridized carbons (Fsp3) is 0.938. The van der Waals surface area contributed by atoms with Crippen LogP contribution in [0.25, 0.3) is 0 Å². The first-order valence-electron chi connectivity index (χ1n) is 24.5. The van der Waals surface area contributed by atoms with Gasteiger partial charge in [0, 0.05) is 0 Å². The van der Waals surface area contributed by atoms with Crippen LogP contribution in [0.2, 0.25) is 0 Å². The molecule has 0 bridgehead atoms. The molecule has 0 spiro atoms. The van der Waals surface area contributed by atoms with Crippen molar-refractivity contribution in [3.05, 3.63) is 11.6 Å². The molecule has 19 nitrogen and oxygen atoms in total. The average Bonchev–Trinajstić information content (AvgIpc) is 3.26. The molecular weight excluding hydrogens is 881 g/mol. The fourth-order valence-corrected chi connectivity index (χ4v) is 15.4. The third kappa shape index (κ3) is 7.92. The van der Waals surface area contributed by atoms with E-state index in [0.717, 1.165) is 12.0 Å². The van der Waals surface area contributed by atoms with E-state index in [0.29, 0.717) is 38.5 Å². The van der Waals surface area contributed by atoms with Crippen LogP contribution in [0.15, 0.2) is 11.6 Å². The van der Waals surface area contributed by atoms with Gasteiger partial charge in [0.15, 0.2) is 12.6 Å². The van der Waals surface area contributed by atoms with Gasteiger partial charge < -0.3 is 89.7 Å². The highest BCUT2D eigenvalue weighted by atomic mass is 16.8. The van der Waals surface area contributed by atoms with Crippen molar-refractivity contribution in [2.75, 3.05) is 13.2 Å². The Labute approximate surface area is 392 Å². The molecule has 19 heteroatoms. The van der Waals surface area contributed by atoms with Crippen LogP contribution in [0, 0.1) is 56.7 Å². The Morgan fingerprint density at radius 1 is 0.701 bits per heavy atom. The Morgan fingerprint density at radius 2 is 1.33 bits per heavy atom. The van der Waals surface area contributed by atoms with Crippen molar-refractivity contribution in [2.45, 2.75) is 211 Å². The molecule has 5 aliphatic carbocycles. The molecule has 384 valence electrons. The van der Waals surface area contributed by atoms with Crippen LogP contribution in [-0.4, -0.2) is 191 Å².